The van der Waals surface area contributed by atoms with Gasteiger partial charge in [-0.25, -0.2) is 13.9 Å². The molecule has 2 amide bonds. The second-order valence-corrected chi connectivity index (χ2v) is 9.05. The van der Waals surface area contributed by atoms with Gasteiger partial charge in [0.1, 0.15) is 11.6 Å². The van der Waals surface area contributed by atoms with Crippen molar-refractivity contribution >= 4 is 11.8 Å². The monoisotopic (exact) mass is 535 g/mol. The summed E-state index contributed by atoms with van der Waals surface area (Å²) >= 11 is 0. The van der Waals surface area contributed by atoms with E-state index in [9.17, 15) is 22.4 Å². The average molecular weight is 536 g/mol. The molecule has 3 aromatic rings. The van der Waals surface area contributed by atoms with Crippen molar-refractivity contribution in [3.63, 3.8) is 0 Å². The van der Waals surface area contributed by atoms with E-state index in [1.807, 2.05) is 0 Å². The van der Waals surface area contributed by atoms with E-state index in [-0.39, 0.29) is 35.0 Å². The minimum absolute atomic E-state index is 0.107. The van der Waals surface area contributed by atoms with Gasteiger partial charge in [-0.3, -0.25) is 10.2 Å². The summed E-state index contributed by atoms with van der Waals surface area (Å²) in [6, 6.07) is 14.0. The molecule has 2 aromatic carbocycles. The van der Waals surface area contributed by atoms with Gasteiger partial charge in [0, 0.05) is 32.7 Å². The summed E-state index contributed by atoms with van der Waals surface area (Å²) in [5, 5.41) is 9.91. The van der Waals surface area contributed by atoms with Crippen molar-refractivity contribution in [1.29, 1.82) is 0 Å². The molecule has 1 saturated heterocycles. The molecule has 8 nitrogen and oxygen atoms in total. The second kappa shape index (κ2) is 11.8. The van der Waals surface area contributed by atoms with Gasteiger partial charge in [0.2, 0.25) is 5.88 Å². The summed E-state index contributed by atoms with van der Waals surface area (Å²) in [6.07, 6.45) is -4.54. The van der Waals surface area contributed by atoms with Crippen LogP contribution in [0.25, 0.3) is 5.69 Å². The number of likely N-dealkylation sites (tertiary alicyclic amines) is 1. The fraction of sp³-hybridized carbons (Fsp3) is 0.385. The summed E-state index contributed by atoms with van der Waals surface area (Å²) in [6.45, 7) is 2.37. The fourth-order valence-electron chi connectivity index (χ4n) is 4.46. The maximum atomic E-state index is 13.5. The van der Waals surface area contributed by atoms with E-state index in [2.05, 4.69) is 20.6 Å². The van der Waals surface area contributed by atoms with Crippen molar-refractivity contribution in [2.75, 3.05) is 45.3 Å². The van der Waals surface area contributed by atoms with Crippen LogP contribution < -0.4 is 15.4 Å². The van der Waals surface area contributed by atoms with Crippen LogP contribution in [0.4, 0.5) is 28.2 Å². The summed E-state index contributed by atoms with van der Waals surface area (Å²) in [4.78, 5) is 15.3. The molecule has 1 aliphatic heterocycles. The standard InChI is InChI=1S/C26H29F4N5O3/c1-17-23(35(20-6-4-3-5-7-20)33-24(17)38-16-26(28,29)30)32-25(36)31-22-15-34(12-13-37-2)14-21(22)18-8-10-19(27)11-9-18/h3-11,21-22H,12-16H2,1-2H3,(H2,31,32,36)/t21-,22+/m0/s1. The number of rotatable bonds is 9. The smallest absolute Gasteiger partial charge is 0.422 e. The van der Waals surface area contributed by atoms with Gasteiger partial charge in [0.05, 0.1) is 23.9 Å². The predicted octanol–water partition coefficient (Wildman–Crippen LogP) is 4.50. The molecule has 204 valence electrons. The molecule has 38 heavy (non-hydrogen) atoms. The Hall–Kier alpha value is -3.64. The first-order valence-corrected chi connectivity index (χ1v) is 12.0. The van der Waals surface area contributed by atoms with E-state index in [0.29, 0.717) is 31.9 Å². The van der Waals surface area contributed by atoms with Crippen molar-refractivity contribution < 1.29 is 31.8 Å². The molecule has 12 heteroatoms. The Morgan fingerprint density at radius 3 is 2.47 bits per heavy atom. The molecule has 1 fully saturated rings. The maximum absolute atomic E-state index is 13.5. The summed E-state index contributed by atoms with van der Waals surface area (Å²) in [5.41, 5.74) is 1.66. The highest BCUT2D eigenvalue weighted by molar-refractivity contribution is 5.90. The number of nitrogens with zero attached hydrogens (tertiary/aromatic N) is 3. The topological polar surface area (TPSA) is 80.7 Å². The molecule has 0 saturated carbocycles. The second-order valence-electron chi connectivity index (χ2n) is 9.05. The van der Waals surface area contributed by atoms with Gasteiger partial charge in [-0.1, -0.05) is 30.3 Å². The van der Waals surface area contributed by atoms with Crippen LogP contribution in [0.15, 0.2) is 54.6 Å². The van der Waals surface area contributed by atoms with Gasteiger partial charge in [0.25, 0.3) is 0 Å². The van der Waals surface area contributed by atoms with E-state index < -0.39 is 18.8 Å². The van der Waals surface area contributed by atoms with Gasteiger partial charge < -0.3 is 14.8 Å². The number of halogens is 4. The Morgan fingerprint density at radius 1 is 1.11 bits per heavy atom. The highest BCUT2D eigenvalue weighted by Crippen LogP contribution is 2.31. The molecule has 0 unspecified atom stereocenters. The molecule has 2 N–H and O–H groups in total. The molecule has 0 spiro atoms. The highest BCUT2D eigenvalue weighted by Gasteiger charge is 2.35. The number of urea groups is 1. The maximum Gasteiger partial charge on any atom is 0.422 e. The number of carbonyl (C=O) groups is 1. The van der Waals surface area contributed by atoms with Crippen LogP contribution in [0, 0.1) is 12.7 Å². The number of hydrogen-bond donors (Lipinski definition) is 2. The highest BCUT2D eigenvalue weighted by atomic mass is 19.4. The molecule has 2 heterocycles. The zero-order valence-corrected chi connectivity index (χ0v) is 21.0. The van der Waals surface area contributed by atoms with Gasteiger partial charge >= 0.3 is 12.2 Å². The summed E-state index contributed by atoms with van der Waals surface area (Å²) in [5.74, 6) is -0.516. The number of hydrogen-bond acceptors (Lipinski definition) is 5. The Morgan fingerprint density at radius 2 is 1.82 bits per heavy atom. The van der Waals surface area contributed by atoms with Gasteiger partial charge in [0.15, 0.2) is 6.61 Å². The molecular weight excluding hydrogens is 506 g/mol. The minimum atomic E-state index is -4.54. The summed E-state index contributed by atoms with van der Waals surface area (Å²) in [7, 11) is 1.61. The van der Waals surface area contributed by atoms with E-state index in [0.717, 1.165) is 5.56 Å². The van der Waals surface area contributed by atoms with Crippen LogP contribution in [0.3, 0.4) is 0 Å². The van der Waals surface area contributed by atoms with Gasteiger partial charge in [-0.15, -0.1) is 5.10 Å². The van der Waals surface area contributed by atoms with Crippen LogP contribution >= 0.6 is 0 Å². The van der Waals surface area contributed by atoms with Crippen molar-refractivity contribution in [3.05, 3.63) is 71.5 Å². The third kappa shape index (κ3) is 6.81. The number of anilines is 1. The molecule has 0 aliphatic carbocycles. The lowest BCUT2D eigenvalue weighted by atomic mass is 9.94. The number of amides is 2. The van der Waals surface area contributed by atoms with Crippen LogP contribution in [0.5, 0.6) is 5.88 Å². The van der Waals surface area contributed by atoms with Gasteiger partial charge in [-0.05, 0) is 36.8 Å². The summed E-state index contributed by atoms with van der Waals surface area (Å²) < 4.78 is 63.3. The van der Waals surface area contributed by atoms with Crippen LogP contribution in [0.2, 0.25) is 0 Å². The minimum Gasteiger partial charge on any atom is -0.467 e. The number of alkyl halides is 3. The zero-order valence-electron chi connectivity index (χ0n) is 21.0. The lowest BCUT2D eigenvalue weighted by Crippen LogP contribution is -2.42. The Kier molecular flexibility index (Phi) is 8.52. The van der Waals surface area contributed by atoms with E-state index in [1.54, 1.807) is 49.6 Å². The largest absolute Gasteiger partial charge is 0.467 e. The van der Waals surface area contributed by atoms with Crippen LogP contribution in [0.1, 0.15) is 17.0 Å². The lowest BCUT2D eigenvalue weighted by molar-refractivity contribution is -0.154. The zero-order chi connectivity index (χ0) is 27.3. The fourth-order valence-corrected chi connectivity index (χ4v) is 4.46. The molecule has 4 rings (SSSR count). The quantitative estimate of drug-likeness (QED) is 0.395. The first-order valence-electron chi connectivity index (χ1n) is 12.0. The molecular formula is C26H29F4N5O3. The normalized spacial score (nSPS) is 17.9. The number of benzene rings is 2. The molecule has 1 aliphatic rings. The van der Waals surface area contributed by atoms with E-state index >= 15 is 0 Å². The third-order valence-electron chi connectivity index (χ3n) is 6.31. The number of ether oxygens (including phenoxy) is 2. The Labute approximate surface area is 217 Å². The Bertz CT molecular complexity index is 1220. The number of para-hydroxylation sites is 1. The van der Waals surface area contributed by atoms with E-state index in [4.69, 9.17) is 9.47 Å². The number of nitrogens with one attached hydrogen (secondary N) is 2. The third-order valence-corrected chi connectivity index (χ3v) is 6.31. The number of aromatic nitrogens is 2. The lowest BCUT2D eigenvalue weighted by Gasteiger charge is -2.21. The average Bonchev–Trinajstić information content (AvgIpc) is 3.42. The van der Waals surface area contributed by atoms with Crippen molar-refractivity contribution in [1.82, 2.24) is 20.0 Å². The van der Waals surface area contributed by atoms with E-state index in [1.165, 1.54) is 23.7 Å². The van der Waals surface area contributed by atoms with Gasteiger partial charge in [-0.2, -0.15) is 13.2 Å². The first-order chi connectivity index (χ1) is 18.1. The number of carbonyl (C=O) groups excluding carboxylic acids is 1. The molecule has 0 radical (unpaired) electrons. The molecule has 0 bridgehead atoms. The predicted molar refractivity (Wildman–Crippen MR) is 133 cm³/mol. The Balaban J connectivity index is 1.55. The number of methoxy groups -OCH3 is 1. The SMILES string of the molecule is COCCN1C[C@@H](NC(=O)Nc2c(C)c(OCC(F)(F)F)nn2-c2ccccc2)[C@H](c2ccc(F)cc2)C1. The first kappa shape index (κ1) is 27.4. The van der Waals surface area contributed by atoms with Crippen LogP contribution in [-0.2, 0) is 4.74 Å². The molecule has 1 aromatic heterocycles. The van der Waals surface area contributed by atoms with Crippen molar-refractivity contribution in [2.45, 2.75) is 25.1 Å². The molecule has 2 atom stereocenters. The van der Waals surface area contributed by atoms with Crippen molar-refractivity contribution in [2.24, 2.45) is 0 Å². The van der Waals surface area contributed by atoms with Crippen molar-refractivity contribution in [3.8, 4) is 11.6 Å². The van der Waals surface area contributed by atoms with Crippen LogP contribution in [-0.4, -0.2) is 72.9 Å².